The van der Waals surface area contributed by atoms with E-state index in [0.717, 1.165) is 0 Å². The highest BCUT2D eigenvalue weighted by Crippen LogP contribution is 2.15. The maximum atomic E-state index is 10.4. The summed E-state index contributed by atoms with van der Waals surface area (Å²) in [5, 5.41) is 10.4. The Labute approximate surface area is 68.7 Å². The van der Waals surface area contributed by atoms with Gasteiger partial charge in [-0.05, 0) is 18.3 Å². The first kappa shape index (κ1) is 8.19. The largest absolute Gasteiger partial charge is 0.405 e. The summed E-state index contributed by atoms with van der Waals surface area (Å²) in [6, 6.07) is 2.88. The lowest BCUT2D eigenvalue weighted by Gasteiger charge is -1.93. The number of hydrogen-bond acceptors (Lipinski definition) is 4. The lowest BCUT2D eigenvalue weighted by atomic mass is 10.3. The van der Waals surface area contributed by atoms with Crippen LogP contribution in [-0.2, 0) is 0 Å². The van der Waals surface area contributed by atoms with Crippen LogP contribution in [0.1, 0.15) is 5.69 Å². The van der Waals surface area contributed by atoms with E-state index in [-0.39, 0.29) is 11.4 Å². The molecule has 0 aliphatic rings. The van der Waals surface area contributed by atoms with Crippen molar-refractivity contribution in [3.05, 3.63) is 40.3 Å². The van der Waals surface area contributed by atoms with E-state index in [1.807, 2.05) is 0 Å². The molecule has 1 aromatic heterocycles. The van der Waals surface area contributed by atoms with Gasteiger partial charge < -0.3 is 5.73 Å². The molecule has 12 heavy (non-hydrogen) atoms. The van der Waals surface area contributed by atoms with E-state index >= 15 is 0 Å². The van der Waals surface area contributed by atoms with Crippen molar-refractivity contribution in [2.24, 2.45) is 5.73 Å². The van der Waals surface area contributed by atoms with Crippen molar-refractivity contribution in [1.29, 1.82) is 0 Å². The van der Waals surface area contributed by atoms with Gasteiger partial charge in [-0.2, -0.15) is 0 Å². The number of nitrogens with two attached hydrogens (primary N) is 1. The minimum absolute atomic E-state index is 0.0424. The molecule has 2 N–H and O–H groups in total. The Hall–Kier alpha value is -1.91. The lowest BCUT2D eigenvalue weighted by molar-refractivity contribution is -0.385. The Morgan fingerprint density at radius 3 is 3.00 bits per heavy atom. The van der Waals surface area contributed by atoms with Crippen molar-refractivity contribution in [3.8, 4) is 0 Å². The zero-order valence-electron chi connectivity index (χ0n) is 6.18. The molecular formula is C7H7N3O2. The molecule has 0 saturated carbocycles. The summed E-state index contributed by atoms with van der Waals surface area (Å²) in [5.74, 6) is 0. The van der Waals surface area contributed by atoms with Gasteiger partial charge in [0.2, 0.25) is 0 Å². The molecule has 0 fully saturated rings. The van der Waals surface area contributed by atoms with Crippen molar-refractivity contribution in [2.45, 2.75) is 0 Å². The van der Waals surface area contributed by atoms with E-state index in [1.54, 1.807) is 0 Å². The van der Waals surface area contributed by atoms with E-state index in [0.29, 0.717) is 0 Å². The molecule has 1 rings (SSSR count). The van der Waals surface area contributed by atoms with E-state index in [2.05, 4.69) is 4.98 Å². The van der Waals surface area contributed by atoms with E-state index in [1.165, 1.54) is 30.6 Å². The summed E-state index contributed by atoms with van der Waals surface area (Å²) in [5.41, 5.74) is 5.31. The molecule has 1 aromatic rings. The Morgan fingerprint density at radius 2 is 2.42 bits per heavy atom. The Morgan fingerprint density at radius 1 is 1.67 bits per heavy atom. The van der Waals surface area contributed by atoms with Crippen molar-refractivity contribution in [2.75, 3.05) is 0 Å². The van der Waals surface area contributed by atoms with Gasteiger partial charge in [0, 0.05) is 12.3 Å². The first-order chi connectivity index (χ1) is 5.75. The van der Waals surface area contributed by atoms with Crippen LogP contribution < -0.4 is 5.73 Å². The molecule has 0 bridgehead atoms. The SMILES string of the molecule is N/C=C/c1ncccc1[N+](=O)[O-]. The van der Waals surface area contributed by atoms with Gasteiger partial charge in [-0.15, -0.1) is 0 Å². The first-order valence-electron chi connectivity index (χ1n) is 3.23. The highest BCUT2D eigenvalue weighted by atomic mass is 16.6. The smallest absolute Gasteiger partial charge is 0.294 e. The topological polar surface area (TPSA) is 82.0 Å². The number of pyridine rings is 1. The zero-order chi connectivity index (χ0) is 8.97. The molecular weight excluding hydrogens is 158 g/mol. The predicted octanol–water partition coefficient (Wildman–Crippen LogP) is 0.919. The number of nitrogens with zero attached hydrogens (tertiary/aromatic N) is 2. The second-order valence-electron chi connectivity index (χ2n) is 2.02. The normalized spacial score (nSPS) is 10.3. The van der Waals surface area contributed by atoms with E-state index < -0.39 is 4.92 Å². The van der Waals surface area contributed by atoms with Crippen molar-refractivity contribution in [1.82, 2.24) is 4.98 Å². The van der Waals surface area contributed by atoms with Crippen LogP contribution in [-0.4, -0.2) is 9.91 Å². The van der Waals surface area contributed by atoms with Gasteiger partial charge in [-0.25, -0.2) is 4.98 Å². The molecule has 1 heterocycles. The molecule has 0 radical (unpaired) electrons. The Kier molecular flexibility index (Phi) is 2.37. The van der Waals surface area contributed by atoms with Crippen LogP contribution in [0.25, 0.3) is 6.08 Å². The third-order valence-electron chi connectivity index (χ3n) is 1.27. The second-order valence-corrected chi connectivity index (χ2v) is 2.02. The van der Waals surface area contributed by atoms with Gasteiger partial charge in [-0.1, -0.05) is 0 Å². The molecule has 0 saturated heterocycles. The van der Waals surface area contributed by atoms with Gasteiger partial charge in [0.15, 0.2) is 0 Å². The molecule has 5 nitrogen and oxygen atoms in total. The fourth-order valence-electron chi connectivity index (χ4n) is 0.783. The number of hydrogen-bond donors (Lipinski definition) is 1. The second kappa shape index (κ2) is 3.47. The molecule has 5 heteroatoms. The lowest BCUT2D eigenvalue weighted by Crippen LogP contribution is -1.93. The van der Waals surface area contributed by atoms with E-state index in [4.69, 9.17) is 5.73 Å². The molecule has 0 aromatic carbocycles. The molecule has 0 aliphatic carbocycles. The van der Waals surface area contributed by atoms with Crippen LogP contribution in [0, 0.1) is 10.1 Å². The third kappa shape index (κ3) is 1.57. The Bertz CT molecular complexity index is 322. The first-order valence-corrected chi connectivity index (χ1v) is 3.23. The van der Waals surface area contributed by atoms with Gasteiger partial charge in [-0.3, -0.25) is 10.1 Å². The van der Waals surface area contributed by atoms with Gasteiger partial charge in [0.05, 0.1) is 4.92 Å². The molecule has 0 aliphatic heterocycles. The maximum absolute atomic E-state index is 10.4. The maximum Gasteiger partial charge on any atom is 0.294 e. The number of nitro groups is 1. The standard InChI is InChI=1S/C7H7N3O2/c8-4-3-6-7(10(11)12)2-1-5-9-6/h1-5H,8H2/b4-3+. The number of aromatic nitrogens is 1. The minimum atomic E-state index is -0.498. The highest BCUT2D eigenvalue weighted by Gasteiger charge is 2.10. The fourth-order valence-corrected chi connectivity index (χ4v) is 0.783. The summed E-state index contributed by atoms with van der Waals surface area (Å²) < 4.78 is 0. The quantitative estimate of drug-likeness (QED) is 0.521. The molecule has 0 amide bonds. The fraction of sp³-hybridized carbons (Fsp3) is 0. The summed E-state index contributed by atoms with van der Waals surface area (Å²) in [6.45, 7) is 0. The average Bonchev–Trinajstić information content (AvgIpc) is 2.05. The summed E-state index contributed by atoms with van der Waals surface area (Å²) in [7, 11) is 0. The van der Waals surface area contributed by atoms with Crippen LogP contribution in [0.15, 0.2) is 24.5 Å². The highest BCUT2D eigenvalue weighted by molar-refractivity contribution is 5.55. The van der Waals surface area contributed by atoms with Crippen molar-refractivity contribution in [3.63, 3.8) is 0 Å². The molecule has 0 unspecified atom stereocenters. The van der Waals surface area contributed by atoms with Gasteiger partial charge in [0.1, 0.15) is 5.69 Å². The summed E-state index contributed by atoms with van der Waals surface area (Å²) in [4.78, 5) is 13.7. The molecule has 0 atom stereocenters. The number of rotatable bonds is 2. The average molecular weight is 165 g/mol. The minimum Gasteiger partial charge on any atom is -0.405 e. The van der Waals surface area contributed by atoms with Crippen molar-refractivity contribution < 1.29 is 4.92 Å². The Balaban J connectivity index is 3.17. The predicted molar refractivity (Wildman–Crippen MR) is 44.1 cm³/mol. The monoisotopic (exact) mass is 165 g/mol. The van der Waals surface area contributed by atoms with Crippen LogP contribution >= 0.6 is 0 Å². The summed E-state index contributed by atoms with van der Waals surface area (Å²) >= 11 is 0. The zero-order valence-corrected chi connectivity index (χ0v) is 6.18. The van der Waals surface area contributed by atoms with E-state index in [9.17, 15) is 10.1 Å². The summed E-state index contributed by atoms with van der Waals surface area (Å²) in [6.07, 6.45) is 4.08. The van der Waals surface area contributed by atoms with Crippen LogP contribution in [0.3, 0.4) is 0 Å². The van der Waals surface area contributed by atoms with Crippen LogP contribution in [0.5, 0.6) is 0 Å². The van der Waals surface area contributed by atoms with Crippen LogP contribution in [0.4, 0.5) is 5.69 Å². The van der Waals surface area contributed by atoms with Gasteiger partial charge in [0.25, 0.3) is 5.69 Å². The van der Waals surface area contributed by atoms with Crippen LogP contribution in [0.2, 0.25) is 0 Å². The molecule has 62 valence electrons. The van der Waals surface area contributed by atoms with Crippen molar-refractivity contribution >= 4 is 11.8 Å². The van der Waals surface area contributed by atoms with Gasteiger partial charge >= 0.3 is 0 Å². The molecule has 0 spiro atoms. The third-order valence-corrected chi connectivity index (χ3v) is 1.27.